The van der Waals surface area contributed by atoms with Crippen LogP contribution < -0.4 is 0 Å². The summed E-state index contributed by atoms with van der Waals surface area (Å²) >= 11 is 5.13. The van der Waals surface area contributed by atoms with Crippen molar-refractivity contribution >= 4 is 57.2 Å². The minimum atomic E-state index is -1.73. The van der Waals surface area contributed by atoms with Crippen molar-refractivity contribution in [2.24, 2.45) is 0 Å². The Balaban J connectivity index is 2.09. The number of hydrogen-bond donors (Lipinski definition) is 0. The molecular formula is C16H19BrFN5P2S. The predicted molar refractivity (Wildman–Crippen MR) is 115 cm³/mol. The van der Waals surface area contributed by atoms with E-state index in [2.05, 4.69) is 61.6 Å². The molecule has 0 aliphatic carbocycles. The molecule has 0 aliphatic heterocycles. The summed E-state index contributed by atoms with van der Waals surface area (Å²) in [6, 6.07) is 3.65. The maximum atomic E-state index is 15.2. The molecule has 0 saturated carbocycles. The van der Waals surface area contributed by atoms with E-state index in [1.165, 1.54) is 0 Å². The van der Waals surface area contributed by atoms with Gasteiger partial charge in [-0.2, -0.15) is 10.2 Å². The smallest absolute Gasteiger partial charge is 0.175 e. The monoisotopic (exact) mass is 473 g/mol. The number of nitrogens with zero attached hydrogens (tertiary/aromatic N) is 5. The maximum Gasteiger partial charge on any atom is 0.175 e. The molecule has 0 radical (unpaired) electrons. The molecule has 3 rings (SSSR count). The molecule has 0 saturated heterocycles. The molecule has 0 bridgehead atoms. The second-order valence-corrected chi connectivity index (χ2v) is 10.9. The van der Waals surface area contributed by atoms with Crippen molar-refractivity contribution in [1.82, 2.24) is 25.0 Å². The number of fused-ring (bicyclic) bond motifs is 1. The second-order valence-electron chi connectivity index (χ2n) is 6.42. The first-order valence-corrected chi connectivity index (χ1v) is 10.9. The molecule has 3 heterocycles. The van der Waals surface area contributed by atoms with Crippen LogP contribution in [-0.4, -0.2) is 35.9 Å². The van der Waals surface area contributed by atoms with Gasteiger partial charge in [0.1, 0.15) is 16.7 Å². The fourth-order valence-corrected chi connectivity index (χ4v) is 3.86. The summed E-state index contributed by atoms with van der Waals surface area (Å²) in [7, 11) is 4.75. The Hall–Kier alpha value is -0.680. The summed E-state index contributed by atoms with van der Waals surface area (Å²) in [5, 5.41) is 10.3. The average Bonchev–Trinajstić information content (AvgIpc) is 2.97. The number of rotatable bonds is 5. The lowest BCUT2D eigenvalue weighted by molar-refractivity contribution is 0.230. The zero-order valence-electron chi connectivity index (χ0n) is 14.6. The Morgan fingerprint density at radius 3 is 2.62 bits per heavy atom. The Morgan fingerprint density at radius 1 is 1.23 bits per heavy atom. The summed E-state index contributed by atoms with van der Waals surface area (Å²) in [5.41, 5.74) is 1.39. The van der Waals surface area contributed by atoms with Gasteiger partial charge in [-0.1, -0.05) is 30.0 Å². The van der Waals surface area contributed by atoms with Crippen LogP contribution in [0.2, 0.25) is 0 Å². The molecule has 3 atom stereocenters. The van der Waals surface area contributed by atoms with E-state index in [-0.39, 0.29) is 5.69 Å². The Kier molecular flexibility index (Phi) is 5.70. The molecule has 3 aromatic heterocycles. The number of halogens is 2. The largest absolute Gasteiger partial charge is 0.235 e. The lowest BCUT2D eigenvalue weighted by atomic mass is 10.0. The topological polar surface area (TPSA) is 56.5 Å². The highest BCUT2D eigenvalue weighted by molar-refractivity contribution is 9.10. The molecule has 0 aliphatic rings. The Morgan fingerprint density at radius 2 is 1.96 bits per heavy atom. The van der Waals surface area contributed by atoms with Crippen LogP contribution in [-0.2, 0) is 5.41 Å². The number of alkyl halides is 1. The second kappa shape index (κ2) is 7.38. The molecule has 0 N–H and O–H groups in total. The molecule has 26 heavy (non-hydrogen) atoms. The van der Waals surface area contributed by atoms with Gasteiger partial charge in [-0.15, -0.1) is 26.1 Å². The first kappa shape index (κ1) is 20.1. The fourth-order valence-electron chi connectivity index (χ4n) is 2.29. The summed E-state index contributed by atoms with van der Waals surface area (Å²) in [6.45, 7) is 5.65. The van der Waals surface area contributed by atoms with Crippen molar-refractivity contribution in [1.29, 1.82) is 0 Å². The number of pyridine rings is 1. The lowest BCUT2D eigenvalue weighted by Gasteiger charge is -2.32. The molecule has 0 spiro atoms. The van der Waals surface area contributed by atoms with Crippen molar-refractivity contribution < 1.29 is 4.39 Å². The summed E-state index contributed by atoms with van der Waals surface area (Å²) in [4.78, 5) is 5.48. The van der Waals surface area contributed by atoms with Crippen LogP contribution >= 0.6 is 46.2 Å². The van der Waals surface area contributed by atoms with Crippen LogP contribution in [0.1, 0.15) is 26.5 Å². The number of hydrogen-bond acceptors (Lipinski definition) is 5. The molecule has 10 heteroatoms. The minimum Gasteiger partial charge on any atom is -0.235 e. The summed E-state index contributed by atoms with van der Waals surface area (Å²) < 4.78 is 17.8. The average molecular weight is 474 g/mol. The van der Waals surface area contributed by atoms with Crippen molar-refractivity contribution in [3.8, 4) is 5.82 Å². The number of thioether (sulfide) groups is 1. The van der Waals surface area contributed by atoms with Gasteiger partial charge in [0.25, 0.3) is 0 Å². The number of aromatic nitrogens is 5. The Bertz CT molecular complexity index is 957. The van der Waals surface area contributed by atoms with E-state index in [9.17, 15) is 0 Å². The molecule has 5 nitrogen and oxygen atoms in total. The van der Waals surface area contributed by atoms with Gasteiger partial charge in [0.2, 0.25) is 0 Å². The van der Waals surface area contributed by atoms with Gasteiger partial charge in [0.05, 0.1) is 11.1 Å². The van der Waals surface area contributed by atoms with E-state index in [4.69, 9.17) is 0 Å². The fraction of sp³-hybridized carbons (Fsp3) is 0.375. The molecule has 3 aromatic rings. The lowest BCUT2D eigenvalue weighted by Crippen LogP contribution is -2.34. The van der Waals surface area contributed by atoms with Crippen LogP contribution in [0.4, 0.5) is 4.39 Å². The van der Waals surface area contributed by atoms with Crippen molar-refractivity contribution in [3.05, 3.63) is 34.7 Å². The molecule has 138 valence electrons. The van der Waals surface area contributed by atoms with Crippen molar-refractivity contribution in [2.75, 3.05) is 5.75 Å². The van der Waals surface area contributed by atoms with Crippen LogP contribution in [0, 0.1) is 0 Å². The van der Waals surface area contributed by atoms with Gasteiger partial charge < -0.3 is 0 Å². The predicted octanol–water partition coefficient (Wildman–Crippen LogP) is 4.74. The van der Waals surface area contributed by atoms with Gasteiger partial charge in [-0.05, 0) is 33.8 Å². The normalized spacial score (nSPS) is 14.6. The van der Waals surface area contributed by atoms with E-state index < -0.39 is 10.6 Å². The Labute approximate surface area is 168 Å². The first-order valence-electron chi connectivity index (χ1n) is 7.92. The molecular weight excluding hydrogens is 455 g/mol. The third-order valence-corrected chi connectivity index (χ3v) is 7.02. The van der Waals surface area contributed by atoms with Gasteiger partial charge in [-0.3, -0.25) is 0 Å². The van der Waals surface area contributed by atoms with E-state index in [0.29, 0.717) is 16.9 Å². The molecule has 0 amide bonds. The maximum absolute atomic E-state index is 15.2. The molecule has 3 unspecified atom stereocenters. The summed E-state index contributed by atoms with van der Waals surface area (Å²) in [6.07, 6.45) is 3.49. The van der Waals surface area contributed by atoms with Crippen LogP contribution in [0.5, 0.6) is 0 Å². The van der Waals surface area contributed by atoms with Gasteiger partial charge >= 0.3 is 0 Å². The quantitative estimate of drug-likeness (QED) is 0.395. The highest BCUT2D eigenvalue weighted by atomic mass is 79.9. The first-order chi connectivity index (χ1) is 12.1. The zero-order chi connectivity index (χ0) is 19.1. The van der Waals surface area contributed by atoms with E-state index in [1.54, 1.807) is 48.8 Å². The van der Waals surface area contributed by atoms with Gasteiger partial charge in [-0.25, -0.2) is 14.1 Å². The van der Waals surface area contributed by atoms with Gasteiger partial charge in [0, 0.05) is 15.8 Å². The van der Waals surface area contributed by atoms with Crippen LogP contribution in [0.15, 0.2) is 33.9 Å². The van der Waals surface area contributed by atoms with E-state index in [0.717, 1.165) is 15.1 Å². The molecule has 0 fully saturated rings. The van der Waals surface area contributed by atoms with Crippen LogP contribution in [0.3, 0.4) is 0 Å². The van der Waals surface area contributed by atoms with E-state index >= 15 is 4.39 Å². The standard InChI is InChI=1S/C16H19BrFN5P2S/c1-4-26-12-5-9(17)7-19-14(12)23-8-11-10(22-23)6-13(21-20-11)16(18,25)15(2,3)24/h5-8H,4,24-25H2,1-3H3. The molecule has 0 aromatic carbocycles. The van der Waals surface area contributed by atoms with E-state index in [1.807, 2.05) is 6.07 Å². The SMILES string of the molecule is CCSc1cc(Br)cnc1-n1cc2nnc(C(F)(P)C(C)(C)P)cc2n1. The van der Waals surface area contributed by atoms with Crippen LogP contribution in [0.25, 0.3) is 16.9 Å². The highest BCUT2D eigenvalue weighted by Gasteiger charge is 2.42. The zero-order valence-corrected chi connectivity index (χ0v) is 19.3. The third kappa shape index (κ3) is 3.80. The van der Waals surface area contributed by atoms with Crippen molar-refractivity contribution in [2.45, 2.75) is 36.2 Å². The van der Waals surface area contributed by atoms with Gasteiger partial charge in [0.15, 0.2) is 11.2 Å². The highest BCUT2D eigenvalue weighted by Crippen LogP contribution is 2.47. The summed E-state index contributed by atoms with van der Waals surface area (Å²) in [5.74, 6) is 1.62. The minimum absolute atomic E-state index is 0.229. The van der Waals surface area contributed by atoms with Crippen molar-refractivity contribution in [3.63, 3.8) is 0 Å². The third-order valence-electron chi connectivity index (χ3n) is 3.89.